The van der Waals surface area contributed by atoms with E-state index in [1.165, 1.54) is 7.11 Å². The lowest BCUT2D eigenvalue weighted by atomic mass is 9.79. The van der Waals surface area contributed by atoms with Crippen LogP contribution in [0.25, 0.3) is 11.4 Å². The van der Waals surface area contributed by atoms with Gasteiger partial charge in [0.05, 0.1) is 36.2 Å². The Morgan fingerprint density at radius 2 is 1.81 bits per heavy atom. The van der Waals surface area contributed by atoms with E-state index in [0.717, 1.165) is 35.4 Å². The third kappa shape index (κ3) is 5.02. The summed E-state index contributed by atoms with van der Waals surface area (Å²) in [4.78, 5) is 35.0. The summed E-state index contributed by atoms with van der Waals surface area (Å²) in [6, 6.07) is 7.21. The summed E-state index contributed by atoms with van der Waals surface area (Å²) in [5.74, 6) is 0.552. The van der Waals surface area contributed by atoms with Crippen LogP contribution in [0.1, 0.15) is 66.1 Å². The summed E-state index contributed by atoms with van der Waals surface area (Å²) in [5, 5.41) is 2.69. The first-order valence-corrected chi connectivity index (χ1v) is 12.6. The highest BCUT2D eigenvalue weighted by molar-refractivity contribution is 6.62. The normalized spacial score (nSPS) is 21.6. The van der Waals surface area contributed by atoms with E-state index >= 15 is 0 Å². The minimum absolute atomic E-state index is 0.0716. The molecule has 0 saturated carbocycles. The van der Waals surface area contributed by atoms with Gasteiger partial charge in [-0.1, -0.05) is 38.1 Å². The molecule has 3 heterocycles. The van der Waals surface area contributed by atoms with Crippen molar-refractivity contribution in [2.45, 2.75) is 77.7 Å². The maximum Gasteiger partial charge on any atom is 0.494 e. The van der Waals surface area contributed by atoms with Gasteiger partial charge < -0.3 is 29.2 Å². The number of aromatic amines is 1. The highest BCUT2D eigenvalue weighted by Gasteiger charge is 2.51. The zero-order valence-electron chi connectivity index (χ0n) is 22.3. The fourth-order valence-electron chi connectivity index (χ4n) is 4.66. The molecule has 9 nitrogen and oxygen atoms in total. The lowest BCUT2D eigenvalue weighted by Gasteiger charge is -2.32. The Hall–Kier alpha value is -2.85. The standard InChI is InChI=1S/C26H37BN4O5/c1-16(2)21(30-24(33)34-7)23(32)31-14-8-9-20(31)19-15-28-22(29-19)17-10-12-18(13-11-17)27-35-25(3,4)26(5,6)36-27/h10-13,15-16,20-21H,8-9,14H2,1-7H3,(H,28,29)(H,30,33). The number of nitrogens with zero attached hydrogens (tertiary/aromatic N) is 2. The number of carbonyl (C=O) groups is 2. The third-order valence-corrected chi connectivity index (χ3v) is 7.59. The molecule has 2 aromatic rings. The Morgan fingerprint density at radius 1 is 1.17 bits per heavy atom. The van der Waals surface area contributed by atoms with Crippen LogP contribution in [0.2, 0.25) is 0 Å². The van der Waals surface area contributed by atoms with Crippen LogP contribution in [0.3, 0.4) is 0 Å². The van der Waals surface area contributed by atoms with E-state index in [1.54, 1.807) is 6.20 Å². The van der Waals surface area contributed by atoms with Gasteiger partial charge in [-0.05, 0) is 51.9 Å². The van der Waals surface area contributed by atoms with Crippen LogP contribution in [-0.4, -0.2) is 64.9 Å². The zero-order valence-corrected chi connectivity index (χ0v) is 22.3. The molecule has 0 spiro atoms. The van der Waals surface area contributed by atoms with E-state index in [9.17, 15) is 9.59 Å². The number of ether oxygens (including phenoxy) is 1. The minimum Gasteiger partial charge on any atom is -0.453 e. The largest absolute Gasteiger partial charge is 0.494 e. The summed E-state index contributed by atoms with van der Waals surface area (Å²) >= 11 is 0. The van der Waals surface area contributed by atoms with E-state index < -0.39 is 30.5 Å². The van der Waals surface area contributed by atoms with Gasteiger partial charge in [-0.15, -0.1) is 0 Å². The number of nitrogens with one attached hydrogen (secondary N) is 2. The molecule has 0 radical (unpaired) electrons. The van der Waals surface area contributed by atoms with Crippen LogP contribution < -0.4 is 10.8 Å². The van der Waals surface area contributed by atoms with Crippen LogP contribution in [0.4, 0.5) is 4.79 Å². The van der Waals surface area contributed by atoms with Gasteiger partial charge in [-0.2, -0.15) is 0 Å². The lowest BCUT2D eigenvalue weighted by molar-refractivity contribution is -0.135. The number of hydrogen-bond donors (Lipinski definition) is 2. The predicted octanol–water partition coefficient (Wildman–Crippen LogP) is 3.42. The Kier molecular flexibility index (Phi) is 7.21. The summed E-state index contributed by atoms with van der Waals surface area (Å²) in [6.07, 6.45) is 2.91. The molecule has 0 aliphatic carbocycles. The van der Waals surface area contributed by atoms with E-state index in [-0.39, 0.29) is 17.9 Å². The Labute approximate surface area is 213 Å². The number of hydrogen-bond acceptors (Lipinski definition) is 6. The first-order chi connectivity index (χ1) is 16.9. The smallest absolute Gasteiger partial charge is 0.453 e. The number of aromatic nitrogens is 2. The van der Waals surface area contributed by atoms with E-state index in [2.05, 4.69) is 15.3 Å². The molecule has 1 aromatic carbocycles. The van der Waals surface area contributed by atoms with Crippen molar-refractivity contribution in [3.05, 3.63) is 36.2 Å². The molecule has 2 N–H and O–H groups in total. The third-order valence-electron chi connectivity index (χ3n) is 7.59. The SMILES string of the molecule is COC(=O)NC(C(=O)N1CCCC1c1cnc(-c2ccc(B3OC(C)(C)C(C)(C)O3)cc2)[nH]1)C(C)C. The molecule has 0 bridgehead atoms. The first kappa shape index (κ1) is 26.2. The second-order valence-corrected chi connectivity index (χ2v) is 10.9. The Morgan fingerprint density at radius 3 is 2.39 bits per heavy atom. The van der Waals surface area contributed by atoms with Crippen molar-refractivity contribution in [1.29, 1.82) is 0 Å². The topological polar surface area (TPSA) is 106 Å². The Bertz CT molecular complexity index is 1080. The molecule has 2 amide bonds. The summed E-state index contributed by atoms with van der Waals surface area (Å²) in [5.41, 5.74) is 1.99. The van der Waals surface area contributed by atoms with Crippen molar-refractivity contribution in [2.24, 2.45) is 5.92 Å². The molecular weight excluding hydrogens is 459 g/mol. The number of likely N-dealkylation sites (tertiary alicyclic amines) is 1. The molecule has 2 fully saturated rings. The molecule has 2 unspecified atom stereocenters. The van der Waals surface area contributed by atoms with Crippen molar-refractivity contribution >= 4 is 24.6 Å². The van der Waals surface area contributed by atoms with Gasteiger partial charge in [0, 0.05) is 12.1 Å². The average Bonchev–Trinajstić information content (AvgIpc) is 3.54. The van der Waals surface area contributed by atoms with Crippen molar-refractivity contribution in [1.82, 2.24) is 20.2 Å². The van der Waals surface area contributed by atoms with Crippen molar-refractivity contribution in [2.75, 3.05) is 13.7 Å². The second kappa shape index (κ2) is 9.90. The molecule has 2 aliphatic heterocycles. The van der Waals surface area contributed by atoms with Gasteiger partial charge in [0.1, 0.15) is 11.9 Å². The van der Waals surface area contributed by atoms with Gasteiger partial charge in [0.15, 0.2) is 0 Å². The summed E-state index contributed by atoms with van der Waals surface area (Å²) < 4.78 is 17.0. The monoisotopic (exact) mass is 496 g/mol. The maximum atomic E-state index is 13.4. The molecule has 4 rings (SSSR count). The van der Waals surface area contributed by atoms with E-state index in [1.807, 2.05) is 70.7 Å². The zero-order chi connectivity index (χ0) is 26.3. The van der Waals surface area contributed by atoms with Crippen LogP contribution in [0, 0.1) is 5.92 Å². The second-order valence-electron chi connectivity index (χ2n) is 10.9. The molecule has 2 atom stereocenters. The predicted molar refractivity (Wildman–Crippen MR) is 138 cm³/mol. The Balaban J connectivity index is 1.48. The molecule has 1 aromatic heterocycles. The van der Waals surface area contributed by atoms with Crippen molar-refractivity contribution in [3.8, 4) is 11.4 Å². The minimum atomic E-state index is -0.650. The molecule has 2 saturated heterocycles. The molecule has 36 heavy (non-hydrogen) atoms. The molecular formula is C26H37BN4O5. The molecule has 2 aliphatic rings. The van der Waals surface area contributed by atoms with Crippen molar-refractivity contribution < 1.29 is 23.6 Å². The highest BCUT2D eigenvalue weighted by Crippen LogP contribution is 2.37. The van der Waals surface area contributed by atoms with Crippen LogP contribution in [0.5, 0.6) is 0 Å². The summed E-state index contributed by atoms with van der Waals surface area (Å²) in [6.45, 7) is 12.6. The van der Waals surface area contributed by atoms with E-state index in [0.29, 0.717) is 6.54 Å². The average molecular weight is 496 g/mol. The van der Waals surface area contributed by atoms with Crippen molar-refractivity contribution in [3.63, 3.8) is 0 Å². The quantitative estimate of drug-likeness (QED) is 0.594. The molecule has 194 valence electrons. The first-order valence-electron chi connectivity index (χ1n) is 12.6. The number of benzene rings is 1. The van der Waals surface area contributed by atoms with Crippen LogP contribution >= 0.6 is 0 Å². The number of alkyl carbamates (subject to hydrolysis) is 1. The fourth-order valence-corrected chi connectivity index (χ4v) is 4.66. The molecule has 10 heteroatoms. The van der Waals surface area contributed by atoms with Gasteiger partial charge >= 0.3 is 13.2 Å². The van der Waals surface area contributed by atoms with E-state index in [4.69, 9.17) is 14.0 Å². The number of H-pyrrole nitrogens is 1. The summed E-state index contributed by atoms with van der Waals surface area (Å²) in [7, 11) is 0.880. The van der Waals surface area contributed by atoms with Crippen LogP contribution in [0.15, 0.2) is 30.5 Å². The fraction of sp³-hybridized carbons (Fsp3) is 0.577. The number of amides is 2. The number of rotatable bonds is 6. The lowest BCUT2D eigenvalue weighted by Crippen LogP contribution is -2.51. The number of methoxy groups -OCH3 is 1. The van der Waals surface area contributed by atoms with Gasteiger partial charge in [-0.25, -0.2) is 9.78 Å². The van der Waals surface area contributed by atoms with Crippen LogP contribution in [-0.2, 0) is 18.8 Å². The van der Waals surface area contributed by atoms with Gasteiger partial charge in [0.25, 0.3) is 0 Å². The number of imidazole rings is 1. The van der Waals surface area contributed by atoms with Gasteiger partial charge in [0.2, 0.25) is 5.91 Å². The highest BCUT2D eigenvalue weighted by atomic mass is 16.7. The van der Waals surface area contributed by atoms with Gasteiger partial charge in [-0.3, -0.25) is 4.79 Å². The maximum absolute atomic E-state index is 13.4. The number of carbonyl (C=O) groups excluding carboxylic acids is 2.